The number of nitrogens with one attached hydrogen (secondary N) is 1. The fourth-order valence-corrected chi connectivity index (χ4v) is 4.01. The Bertz CT molecular complexity index is 1040. The van der Waals surface area contributed by atoms with Gasteiger partial charge in [-0.05, 0) is 18.1 Å². The van der Waals surface area contributed by atoms with Gasteiger partial charge in [-0.2, -0.15) is 18.2 Å². The van der Waals surface area contributed by atoms with Crippen LogP contribution in [0, 0.1) is 5.92 Å². The SMILES string of the molecule is NC(=NC(=O)C(F)(F)F)c1ccc2c(c1)C(=O)N(C1CCOCC1NC(=O)[C@H]1CC1(F)F)C2. The highest BCUT2D eigenvalue weighted by atomic mass is 19.4. The summed E-state index contributed by atoms with van der Waals surface area (Å²) in [5.41, 5.74) is 6.21. The predicted molar refractivity (Wildman–Crippen MR) is 102 cm³/mol. The summed E-state index contributed by atoms with van der Waals surface area (Å²) in [6.45, 7) is 0.476. The molecule has 1 saturated heterocycles. The third-order valence-electron chi connectivity index (χ3n) is 5.89. The lowest BCUT2D eigenvalue weighted by molar-refractivity contribution is -0.169. The Hall–Kier alpha value is -3.09. The quantitative estimate of drug-likeness (QED) is 0.389. The second-order valence-electron chi connectivity index (χ2n) is 8.17. The smallest absolute Gasteiger partial charge is 0.383 e. The lowest BCUT2D eigenvalue weighted by Gasteiger charge is -2.38. The van der Waals surface area contributed by atoms with Crippen molar-refractivity contribution in [1.29, 1.82) is 0 Å². The first-order valence-corrected chi connectivity index (χ1v) is 10.0. The van der Waals surface area contributed by atoms with Crippen molar-refractivity contribution in [3.8, 4) is 0 Å². The van der Waals surface area contributed by atoms with Crippen molar-refractivity contribution >= 4 is 23.6 Å². The number of fused-ring (bicyclic) bond motifs is 1. The molecule has 33 heavy (non-hydrogen) atoms. The minimum atomic E-state index is -5.18. The Morgan fingerprint density at radius 3 is 2.61 bits per heavy atom. The standard InChI is InChI=1S/C20H19F5N4O4/c21-19(22)6-12(19)16(30)27-13-8-33-4-3-14(13)29-7-10-2-1-9(5-11(10)17(29)31)15(26)28-18(32)20(23,24)25/h1-2,5,12-14H,3-4,6-8H2,(H,27,30)(H2,26,28,32)/t12-,13?,14?/m1/s1. The highest BCUT2D eigenvalue weighted by Crippen LogP contribution is 2.48. The molecule has 8 nitrogen and oxygen atoms in total. The highest BCUT2D eigenvalue weighted by Gasteiger charge is 2.61. The fourth-order valence-electron chi connectivity index (χ4n) is 4.01. The molecular formula is C20H19F5N4O4. The van der Waals surface area contributed by atoms with Gasteiger partial charge in [0.05, 0.1) is 18.7 Å². The lowest BCUT2D eigenvalue weighted by atomic mass is 10.0. The van der Waals surface area contributed by atoms with Crippen LogP contribution >= 0.6 is 0 Å². The number of aliphatic imine (C=N–C) groups is 1. The molecule has 0 aromatic heterocycles. The summed E-state index contributed by atoms with van der Waals surface area (Å²) in [5, 5.41) is 2.56. The van der Waals surface area contributed by atoms with Crippen LogP contribution in [0.25, 0.3) is 0 Å². The summed E-state index contributed by atoms with van der Waals surface area (Å²) in [7, 11) is 0. The number of nitrogens with two attached hydrogens (primary N) is 1. The molecule has 4 rings (SSSR count). The van der Waals surface area contributed by atoms with Crippen molar-refractivity contribution in [3.05, 3.63) is 34.9 Å². The van der Waals surface area contributed by atoms with E-state index in [1.54, 1.807) is 0 Å². The van der Waals surface area contributed by atoms with Crippen molar-refractivity contribution in [3.63, 3.8) is 0 Å². The minimum absolute atomic E-state index is 0.0330. The Morgan fingerprint density at radius 2 is 1.97 bits per heavy atom. The van der Waals surface area contributed by atoms with Crippen molar-refractivity contribution in [2.24, 2.45) is 16.6 Å². The summed E-state index contributed by atoms with van der Waals surface area (Å²) in [4.78, 5) is 40.6. The second kappa shape index (κ2) is 8.04. The van der Waals surface area contributed by atoms with Crippen LogP contribution in [0.1, 0.15) is 34.3 Å². The predicted octanol–water partition coefficient (Wildman–Crippen LogP) is 1.37. The molecule has 3 amide bonds. The third-order valence-corrected chi connectivity index (χ3v) is 5.89. The van der Waals surface area contributed by atoms with E-state index in [0.29, 0.717) is 18.6 Å². The van der Waals surface area contributed by atoms with Gasteiger partial charge in [0.1, 0.15) is 11.8 Å². The first kappa shape index (κ1) is 23.1. The van der Waals surface area contributed by atoms with E-state index in [1.165, 1.54) is 23.1 Å². The summed E-state index contributed by atoms with van der Waals surface area (Å²) >= 11 is 0. The zero-order valence-corrected chi connectivity index (χ0v) is 17.0. The number of carbonyl (C=O) groups excluding carboxylic acids is 3. The zero-order valence-electron chi connectivity index (χ0n) is 17.0. The number of hydrogen-bond acceptors (Lipinski definition) is 4. The third kappa shape index (κ3) is 4.54. The number of amidine groups is 1. The molecule has 2 unspecified atom stereocenters. The van der Waals surface area contributed by atoms with Gasteiger partial charge in [-0.1, -0.05) is 12.1 Å². The van der Waals surface area contributed by atoms with Crippen molar-refractivity contribution < 1.29 is 41.1 Å². The van der Waals surface area contributed by atoms with Gasteiger partial charge >= 0.3 is 12.1 Å². The summed E-state index contributed by atoms with van der Waals surface area (Å²) in [6.07, 6.45) is -5.35. The maximum absolute atomic E-state index is 13.2. The van der Waals surface area contributed by atoms with Gasteiger partial charge < -0.3 is 20.7 Å². The van der Waals surface area contributed by atoms with Crippen LogP contribution in [0.5, 0.6) is 0 Å². The highest BCUT2D eigenvalue weighted by molar-refractivity contribution is 6.07. The van der Waals surface area contributed by atoms with E-state index >= 15 is 0 Å². The molecule has 3 N–H and O–H groups in total. The summed E-state index contributed by atoms with van der Waals surface area (Å²) < 4.78 is 69.1. The average Bonchev–Trinajstić information content (AvgIpc) is 3.27. The number of alkyl halides is 5. The van der Waals surface area contributed by atoms with Gasteiger partial charge in [0.25, 0.3) is 11.8 Å². The largest absolute Gasteiger partial charge is 0.473 e. The van der Waals surface area contributed by atoms with Gasteiger partial charge in [-0.3, -0.25) is 14.4 Å². The number of halogens is 5. The average molecular weight is 474 g/mol. The minimum Gasteiger partial charge on any atom is -0.383 e. The lowest BCUT2D eigenvalue weighted by Crippen LogP contribution is -2.57. The van der Waals surface area contributed by atoms with E-state index < -0.39 is 60.1 Å². The number of benzene rings is 1. The van der Waals surface area contributed by atoms with Gasteiger partial charge in [0, 0.05) is 30.7 Å². The van der Waals surface area contributed by atoms with Gasteiger partial charge in [-0.25, -0.2) is 8.78 Å². The maximum Gasteiger partial charge on any atom is 0.473 e. The molecule has 1 aromatic rings. The molecule has 0 spiro atoms. The van der Waals surface area contributed by atoms with Crippen molar-refractivity contribution in [2.45, 2.75) is 43.6 Å². The van der Waals surface area contributed by atoms with Crippen LogP contribution in [0.4, 0.5) is 22.0 Å². The number of rotatable bonds is 4. The topological polar surface area (TPSA) is 114 Å². The van der Waals surface area contributed by atoms with Crippen LogP contribution in [-0.4, -0.2) is 65.9 Å². The number of nitrogens with zero attached hydrogens (tertiary/aromatic N) is 2. The molecule has 0 bridgehead atoms. The van der Waals surface area contributed by atoms with Crippen molar-refractivity contribution in [2.75, 3.05) is 13.2 Å². The summed E-state index contributed by atoms with van der Waals surface area (Å²) in [6, 6.07) is 2.85. The van der Waals surface area contributed by atoms with E-state index in [9.17, 15) is 36.3 Å². The Labute approximate surface area is 183 Å². The molecule has 2 fully saturated rings. The molecule has 1 saturated carbocycles. The fraction of sp³-hybridized carbons (Fsp3) is 0.500. The molecule has 13 heteroatoms. The summed E-state index contributed by atoms with van der Waals surface area (Å²) in [5.74, 6) is -8.74. The Kier molecular flexibility index (Phi) is 5.63. The van der Waals surface area contributed by atoms with Crippen LogP contribution < -0.4 is 11.1 Å². The van der Waals surface area contributed by atoms with E-state index in [0.717, 1.165) is 0 Å². The Balaban J connectivity index is 1.51. The second-order valence-corrected chi connectivity index (χ2v) is 8.17. The number of ether oxygens (including phenoxy) is 1. The Morgan fingerprint density at radius 1 is 1.27 bits per heavy atom. The first-order chi connectivity index (χ1) is 15.4. The van der Waals surface area contributed by atoms with Crippen LogP contribution in [0.2, 0.25) is 0 Å². The van der Waals surface area contributed by atoms with E-state index in [4.69, 9.17) is 10.5 Å². The van der Waals surface area contributed by atoms with Gasteiger partial charge in [-0.15, -0.1) is 0 Å². The van der Waals surface area contributed by atoms with Crippen molar-refractivity contribution in [1.82, 2.24) is 10.2 Å². The molecule has 2 aliphatic heterocycles. The van der Waals surface area contributed by atoms with Gasteiger partial charge in [0.2, 0.25) is 5.91 Å². The molecule has 3 aliphatic rings. The van der Waals surface area contributed by atoms with Crippen LogP contribution in [0.3, 0.4) is 0 Å². The molecular weight excluding hydrogens is 455 g/mol. The van der Waals surface area contributed by atoms with Gasteiger partial charge in [0.15, 0.2) is 0 Å². The normalized spacial score (nSPS) is 26.7. The molecule has 3 atom stereocenters. The van der Waals surface area contributed by atoms with E-state index in [2.05, 4.69) is 10.3 Å². The number of carbonyl (C=O) groups is 3. The molecule has 178 valence electrons. The molecule has 2 heterocycles. The molecule has 1 aliphatic carbocycles. The molecule has 0 radical (unpaired) electrons. The van der Waals surface area contributed by atoms with Crippen LogP contribution in [-0.2, 0) is 20.9 Å². The molecule has 1 aromatic carbocycles. The first-order valence-electron chi connectivity index (χ1n) is 10.0. The van der Waals surface area contributed by atoms with E-state index in [-0.39, 0.29) is 24.3 Å². The maximum atomic E-state index is 13.2. The monoisotopic (exact) mass is 474 g/mol. The number of amides is 3. The van der Waals surface area contributed by atoms with E-state index in [1.807, 2.05) is 0 Å². The zero-order chi connectivity index (χ0) is 24.1. The van der Waals surface area contributed by atoms with Crippen LogP contribution in [0.15, 0.2) is 23.2 Å². The number of hydrogen-bond donors (Lipinski definition) is 2.